The number of hydrogen-bond acceptors (Lipinski definition) is 6. The lowest BCUT2D eigenvalue weighted by Gasteiger charge is -2.29. The number of benzene rings is 2. The number of fused-ring (bicyclic) bond motifs is 2. The summed E-state index contributed by atoms with van der Waals surface area (Å²) in [5, 5.41) is 23.6. The first kappa shape index (κ1) is 31.8. The van der Waals surface area contributed by atoms with Crippen LogP contribution in [0, 0.1) is 5.92 Å². The predicted octanol–water partition coefficient (Wildman–Crippen LogP) is 5.14. The number of aromatic amines is 1. The number of nitrogens with zero attached hydrogens (tertiary/aromatic N) is 2. The Hall–Kier alpha value is -4.13. The quantitative estimate of drug-likeness (QED) is 0.211. The van der Waals surface area contributed by atoms with Gasteiger partial charge in [-0.25, -0.2) is 9.78 Å². The van der Waals surface area contributed by atoms with Crippen molar-refractivity contribution in [3.05, 3.63) is 54.1 Å². The van der Waals surface area contributed by atoms with E-state index in [0.29, 0.717) is 31.3 Å². The van der Waals surface area contributed by atoms with Crippen LogP contribution in [-0.4, -0.2) is 69.9 Å². The van der Waals surface area contributed by atoms with Gasteiger partial charge in [0.2, 0.25) is 11.9 Å². The molecule has 5 rings (SSSR count). The molecule has 1 unspecified atom stereocenters. The van der Waals surface area contributed by atoms with Crippen molar-refractivity contribution in [2.24, 2.45) is 5.92 Å². The lowest BCUT2D eigenvalue weighted by atomic mass is 9.86. The fourth-order valence-electron chi connectivity index (χ4n) is 5.69. The minimum Gasteiger partial charge on any atom is -0.481 e. The van der Waals surface area contributed by atoms with Gasteiger partial charge in [0.25, 0.3) is 0 Å². The van der Waals surface area contributed by atoms with Crippen LogP contribution in [0.25, 0.3) is 11.0 Å². The summed E-state index contributed by atoms with van der Waals surface area (Å²) in [6, 6.07) is 16.3. The summed E-state index contributed by atoms with van der Waals surface area (Å²) in [6.45, 7) is 2.27. The number of amides is 1. The fraction of sp³-hybridized carbons (Fsp3) is 0.467. The fourth-order valence-corrected chi connectivity index (χ4v) is 5.69. The van der Waals surface area contributed by atoms with Crippen molar-refractivity contribution in [2.75, 3.05) is 29.9 Å². The van der Waals surface area contributed by atoms with Crippen LogP contribution >= 0.6 is 0 Å². The minimum atomic E-state index is -5.08. The number of carbonyl (C=O) groups excluding carboxylic acids is 1. The SMILES string of the molecule is O=C(O)C(F)(F)F.O=C(O)CC1CCC(=O)N(CCNCC2CCC(Nc3nc4ccccc4[nH]3)CC2)c2ccccc21. The van der Waals surface area contributed by atoms with E-state index in [4.69, 9.17) is 9.90 Å². The Kier molecular flexibility index (Phi) is 10.6. The molecule has 5 N–H and O–H groups in total. The van der Waals surface area contributed by atoms with Gasteiger partial charge in [-0.05, 0) is 74.2 Å². The van der Waals surface area contributed by atoms with Crippen molar-refractivity contribution in [1.29, 1.82) is 0 Å². The third-order valence-corrected chi connectivity index (χ3v) is 7.86. The Balaban J connectivity index is 0.000000541. The molecule has 43 heavy (non-hydrogen) atoms. The van der Waals surface area contributed by atoms with Gasteiger partial charge in [-0.15, -0.1) is 0 Å². The highest BCUT2D eigenvalue weighted by molar-refractivity contribution is 5.95. The second kappa shape index (κ2) is 14.4. The van der Waals surface area contributed by atoms with Crippen LogP contribution in [0.5, 0.6) is 0 Å². The Labute approximate surface area is 246 Å². The number of aliphatic carboxylic acids is 2. The van der Waals surface area contributed by atoms with Gasteiger partial charge in [0.15, 0.2) is 0 Å². The molecular weight excluding hydrogens is 567 g/mol. The molecule has 1 aliphatic carbocycles. The topological polar surface area (TPSA) is 148 Å². The molecule has 0 bridgehead atoms. The molecule has 13 heteroatoms. The number of alkyl halides is 3. The van der Waals surface area contributed by atoms with Crippen LogP contribution in [0.1, 0.15) is 56.4 Å². The zero-order valence-corrected chi connectivity index (χ0v) is 23.6. The first-order valence-electron chi connectivity index (χ1n) is 14.3. The summed E-state index contributed by atoms with van der Waals surface area (Å²) in [5.74, 6) is -2.14. The highest BCUT2D eigenvalue weighted by atomic mass is 19.4. The summed E-state index contributed by atoms with van der Waals surface area (Å²) < 4.78 is 31.7. The molecule has 1 aliphatic heterocycles. The van der Waals surface area contributed by atoms with Crippen LogP contribution in [0.15, 0.2) is 48.5 Å². The Morgan fingerprint density at radius 1 is 1.00 bits per heavy atom. The summed E-state index contributed by atoms with van der Waals surface area (Å²) in [4.78, 5) is 43.0. The van der Waals surface area contributed by atoms with Gasteiger partial charge in [0.05, 0.1) is 17.5 Å². The molecule has 1 atom stereocenters. The monoisotopic (exact) mass is 603 g/mol. The van der Waals surface area contributed by atoms with E-state index in [1.165, 1.54) is 0 Å². The molecule has 1 fully saturated rings. The maximum absolute atomic E-state index is 12.9. The first-order chi connectivity index (χ1) is 20.5. The van der Waals surface area contributed by atoms with Gasteiger partial charge in [0.1, 0.15) is 0 Å². The maximum Gasteiger partial charge on any atom is 0.490 e. The molecule has 2 aromatic carbocycles. The highest BCUT2D eigenvalue weighted by Gasteiger charge is 2.38. The molecule has 3 aromatic rings. The van der Waals surface area contributed by atoms with Gasteiger partial charge in [-0.1, -0.05) is 30.3 Å². The molecule has 232 valence electrons. The number of carboxylic acids is 2. The Morgan fingerprint density at radius 2 is 1.67 bits per heavy atom. The normalized spacial score (nSPS) is 20.5. The number of carbonyl (C=O) groups is 3. The van der Waals surface area contributed by atoms with Crippen LogP contribution < -0.4 is 15.5 Å². The zero-order chi connectivity index (χ0) is 31.0. The highest BCUT2D eigenvalue weighted by Crippen LogP contribution is 2.36. The number of H-pyrrole nitrogens is 1. The average molecular weight is 604 g/mol. The zero-order valence-electron chi connectivity index (χ0n) is 23.6. The number of halogens is 3. The van der Waals surface area contributed by atoms with E-state index in [2.05, 4.69) is 20.6 Å². The molecule has 10 nitrogen and oxygen atoms in total. The molecule has 1 aromatic heterocycles. The standard InChI is InChI=1S/C28H35N5O3.C2HF3O2/c34-26-14-11-20(17-27(35)36)22-5-1-4-8-25(22)33(26)16-15-29-18-19-9-12-21(13-10-19)30-28-31-23-6-2-3-7-24(23)32-28;3-2(4,5)1(6)7/h1-8,19-21,29H,9-18H2,(H,35,36)(H2,30,31,32);(H,6,7). The number of imidazole rings is 1. The minimum absolute atomic E-state index is 0.0598. The van der Waals surface area contributed by atoms with Gasteiger partial charge < -0.3 is 30.7 Å². The van der Waals surface area contributed by atoms with E-state index in [-0.39, 0.29) is 18.2 Å². The van der Waals surface area contributed by atoms with E-state index in [9.17, 15) is 27.9 Å². The third kappa shape index (κ3) is 8.93. The number of carboxylic acid groups (broad SMARTS) is 2. The first-order valence-corrected chi connectivity index (χ1v) is 14.3. The van der Waals surface area contributed by atoms with Gasteiger partial charge >= 0.3 is 18.1 Å². The van der Waals surface area contributed by atoms with E-state index < -0.39 is 18.1 Å². The van der Waals surface area contributed by atoms with Crippen LogP contribution in [0.2, 0.25) is 0 Å². The molecule has 1 saturated carbocycles. The van der Waals surface area contributed by atoms with Crippen LogP contribution in [-0.2, 0) is 14.4 Å². The Bertz CT molecular complexity index is 1370. The van der Waals surface area contributed by atoms with Gasteiger partial charge in [-0.2, -0.15) is 13.2 Å². The van der Waals surface area contributed by atoms with Crippen LogP contribution in [0.4, 0.5) is 24.8 Å². The number of aromatic nitrogens is 2. The van der Waals surface area contributed by atoms with Crippen LogP contribution in [0.3, 0.4) is 0 Å². The van der Waals surface area contributed by atoms with Crippen molar-refractivity contribution in [3.63, 3.8) is 0 Å². The summed E-state index contributed by atoms with van der Waals surface area (Å²) >= 11 is 0. The van der Waals surface area contributed by atoms with E-state index in [1.54, 1.807) is 0 Å². The third-order valence-electron chi connectivity index (χ3n) is 7.86. The number of nitrogens with one attached hydrogen (secondary N) is 3. The summed E-state index contributed by atoms with van der Waals surface area (Å²) in [7, 11) is 0. The average Bonchev–Trinajstić information content (AvgIpc) is 3.32. The number of anilines is 2. The molecule has 1 amide bonds. The van der Waals surface area contributed by atoms with E-state index in [0.717, 1.165) is 67.0 Å². The lowest BCUT2D eigenvalue weighted by Crippen LogP contribution is -2.38. The molecular formula is C30H36F3N5O5. The van der Waals surface area contributed by atoms with Gasteiger partial charge in [-0.3, -0.25) is 9.59 Å². The second-order valence-electron chi connectivity index (χ2n) is 10.9. The lowest BCUT2D eigenvalue weighted by molar-refractivity contribution is -0.192. The summed E-state index contributed by atoms with van der Waals surface area (Å²) in [6.07, 6.45) is 0.496. The van der Waals surface area contributed by atoms with Crippen molar-refractivity contribution in [2.45, 2.75) is 63.1 Å². The molecule has 0 radical (unpaired) electrons. The van der Waals surface area contributed by atoms with Crippen molar-refractivity contribution in [1.82, 2.24) is 15.3 Å². The van der Waals surface area contributed by atoms with Crippen molar-refractivity contribution < 1.29 is 37.8 Å². The van der Waals surface area contributed by atoms with E-state index in [1.807, 2.05) is 53.4 Å². The smallest absolute Gasteiger partial charge is 0.481 e. The second-order valence-corrected chi connectivity index (χ2v) is 10.9. The number of hydrogen-bond donors (Lipinski definition) is 5. The van der Waals surface area contributed by atoms with Gasteiger partial charge in [0, 0.05) is 31.2 Å². The maximum atomic E-state index is 12.9. The predicted molar refractivity (Wildman–Crippen MR) is 155 cm³/mol. The Morgan fingerprint density at radius 3 is 2.35 bits per heavy atom. The van der Waals surface area contributed by atoms with Crippen molar-refractivity contribution in [3.8, 4) is 0 Å². The summed E-state index contributed by atoms with van der Waals surface area (Å²) in [5.41, 5.74) is 3.88. The molecule has 0 saturated heterocycles. The number of para-hydroxylation sites is 3. The van der Waals surface area contributed by atoms with Crippen molar-refractivity contribution >= 4 is 40.5 Å². The largest absolute Gasteiger partial charge is 0.490 e. The molecule has 2 aliphatic rings. The molecule has 0 spiro atoms. The molecule has 2 heterocycles. The van der Waals surface area contributed by atoms with E-state index >= 15 is 0 Å². The number of rotatable bonds is 9.